The molecule has 3 rings (SSSR count). The van der Waals surface area contributed by atoms with Crippen LogP contribution in [0.5, 0.6) is 0 Å². The molecule has 0 bridgehead atoms. The molecular weight excluding hydrogens is 284 g/mol. The molecule has 0 aliphatic carbocycles. The van der Waals surface area contributed by atoms with Crippen molar-refractivity contribution in [2.45, 2.75) is 38.8 Å². The van der Waals surface area contributed by atoms with Crippen molar-refractivity contribution in [2.75, 3.05) is 19.6 Å². The van der Waals surface area contributed by atoms with Crippen LogP contribution in [0.15, 0.2) is 23.0 Å². The lowest BCUT2D eigenvalue weighted by atomic mass is 9.83. The van der Waals surface area contributed by atoms with Crippen molar-refractivity contribution < 1.29 is 18.7 Å². The highest BCUT2D eigenvalue weighted by Crippen LogP contribution is 2.34. The molecule has 1 aromatic rings. The number of piperidine rings is 1. The minimum Gasteiger partial charge on any atom is -0.472 e. The van der Waals surface area contributed by atoms with Crippen LogP contribution in [0.4, 0.5) is 4.79 Å². The average Bonchev–Trinajstić information content (AvgIpc) is 2.91. The molecule has 2 amide bonds. The fourth-order valence-corrected chi connectivity index (χ4v) is 3.14. The maximum atomic E-state index is 12.3. The molecule has 0 N–H and O–H groups in total. The average molecular weight is 306 g/mol. The zero-order valence-electron chi connectivity index (χ0n) is 13.2. The van der Waals surface area contributed by atoms with Crippen molar-refractivity contribution in [1.29, 1.82) is 0 Å². The van der Waals surface area contributed by atoms with Crippen molar-refractivity contribution in [1.82, 2.24) is 9.80 Å². The maximum Gasteiger partial charge on any atom is 0.410 e. The molecule has 22 heavy (non-hydrogen) atoms. The Bertz CT molecular complexity index is 561. The smallest absolute Gasteiger partial charge is 0.410 e. The molecule has 2 aliphatic rings. The van der Waals surface area contributed by atoms with Gasteiger partial charge in [-0.05, 0) is 33.3 Å². The van der Waals surface area contributed by atoms with E-state index < -0.39 is 5.60 Å². The zero-order chi connectivity index (χ0) is 15.9. The molecule has 0 saturated carbocycles. The Morgan fingerprint density at radius 2 is 2.09 bits per heavy atom. The van der Waals surface area contributed by atoms with E-state index >= 15 is 0 Å². The number of nitrogens with zero attached hydrogens (tertiary/aromatic N) is 2. The maximum absolute atomic E-state index is 12.3. The molecule has 2 atom stereocenters. The van der Waals surface area contributed by atoms with Gasteiger partial charge in [0.25, 0.3) is 5.91 Å². The molecule has 1 aromatic heterocycles. The number of carbonyl (C=O) groups is 2. The lowest BCUT2D eigenvalue weighted by molar-refractivity contribution is -0.0536. The number of fused-ring (bicyclic) bond motifs is 1. The zero-order valence-corrected chi connectivity index (χ0v) is 13.2. The van der Waals surface area contributed by atoms with Gasteiger partial charge >= 0.3 is 6.09 Å². The molecule has 0 radical (unpaired) electrons. The summed E-state index contributed by atoms with van der Waals surface area (Å²) in [6, 6.07) is 1.88. The van der Waals surface area contributed by atoms with Gasteiger partial charge in [0.15, 0.2) is 0 Å². The fraction of sp³-hybridized carbons (Fsp3) is 0.625. The number of carbonyl (C=O) groups excluding carboxylic acids is 2. The molecule has 2 unspecified atom stereocenters. The third kappa shape index (κ3) is 2.82. The van der Waals surface area contributed by atoms with Crippen LogP contribution >= 0.6 is 0 Å². The molecule has 6 heteroatoms. The van der Waals surface area contributed by atoms with Gasteiger partial charge < -0.3 is 19.0 Å². The molecule has 2 saturated heterocycles. The first-order valence-electron chi connectivity index (χ1n) is 7.66. The molecule has 120 valence electrons. The van der Waals surface area contributed by atoms with Gasteiger partial charge in [-0.1, -0.05) is 0 Å². The van der Waals surface area contributed by atoms with E-state index in [1.807, 2.05) is 25.7 Å². The van der Waals surface area contributed by atoms with Gasteiger partial charge in [0.05, 0.1) is 11.8 Å². The van der Waals surface area contributed by atoms with Crippen LogP contribution in [0.1, 0.15) is 37.6 Å². The van der Waals surface area contributed by atoms with Crippen LogP contribution in [0, 0.1) is 5.92 Å². The number of amides is 2. The van der Waals surface area contributed by atoms with E-state index in [9.17, 15) is 9.59 Å². The van der Waals surface area contributed by atoms with Gasteiger partial charge in [-0.25, -0.2) is 4.79 Å². The number of likely N-dealkylation sites (tertiary alicyclic amines) is 2. The summed E-state index contributed by atoms with van der Waals surface area (Å²) in [5.41, 5.74) is 0.113. The van der Waals surface area contributed by atoms with Gasteiger partial charge in [0, 0.05) is 31.6 Å². The summed E-state index contributed by atoms with van der Waals surface area (Å²) in [6.07, 6.45) is 3.53. The predicted octanol–water partition coefficient (Wildman–Crippen LogP) is 2.36. The highest BCUT2D eigenvalue weighted by molar-refractivity contribution is 5.93. The Labute approximate surface area is 130 Å². The number of hydrogen-bond acceptors (Lipinski definition) is 4. The van der Waals surface area contributed by atoms with E-state index in [1.165, 1.54) is 12.5 Å². The Morgan fingerprint density at radius 1 is 1.32 bits per heavy atom. The summed E-state index contributed by atoms with van der Waals surface area (Å²) in [6.45, 7) is 7.62. The van der Waals surface area contributed by atoms with Crippen LogP contribution in [-0.2, 0) is 4.74 Å². The van der Waals surface area contributed by atoms with E-state index in [-0.39, 0.29) is 18.0 Å². The fourth-order valence-electron chi connectivity index (χ4n) is 3.14. The van der Waals surface area contributed by atoms with Crippen LogP contribution in [0.25, 0.3) is 0 Å². The summed E-state index contributed by atoms with van der Waals surface area (Å²) < 4.78 is 10.4. The summed E-state index contributed by atoms with van der Waals surface area (Å²) in [4.78, 5) is 28.0. The number of furan rings is 1. The Kier molecular flexibility index (Phi) is 3.62. The number of ether oxygens (including phenoxy) is 1. The standard InChI is InChI=1S/C16H22N2O4/c1-16(2,3)22-15(20)18-9-12-8-17(6-4-13(12)18)14(19)11-5-7-21-10-11/h5,7,10,12-13H,4,6,8-9H2,1-3H3. The minimum absolute atomic E-state index is 0.00270. The molecule has 2 aliphatic heterocycles. The largest absolute Gasteiger partial charge is 0.472 e. The summed E-state index contributed by atoms with van der Waals surface area (Å²) in [7, 11) is 0. The number of rotatable bonds is 1. The van der Waals surface area contributed by atoms with Gasteiger partial charge in [0.1, 0.15) is 11.9 Å². The van der Waals surface area contributed by atoms with Crippen molar-refractivity contribution in [3.8, 4) is 0 Å². The Balaban J connectivity index is 1.56. The van der Waals surface area contributed by atoms with Crippen LogP contribution in [-0.4, -0.2) is 53.1 Å². The molecule has 3 heterocycles. The molecule has 6 nitrogen and oxygen atoms in total. The highest BCUT2D eigenvalue weighted by Gasteiger charge is 2.47. The lowest BCUT2D eigenvalue weighted by Crippen LogP contribution is -2.66. The first kappa shape index (κ1) is 14.9. The molecule has 0 spiro atoms. The van der Waals surface area contributed by atoms with Gasteiger partial charge in [-0.15, -0.1) is 0 Å². The van der Waals surface area contributed by atoms with Crippen molar-refractivity contribution in [2.24, 2.45) is 5.92 Å². The SMILES string of the molecule is CC(C)(C)OC(=O)N1CC2CN(C(=O)c3ccoc3)CCC21. The van der Waals surface area contributed by atoms with E-state index in [0.717, 1.165) is 6.42 Å². The monoisotopic (exact) mass is 306 g/mol. The summed E-state index contributed by atoms with van der Waals surface area (Å²) in [5, 5.41) is 0. The quantitative estimate of drug-likeness (QED) is 0.799. The molecule has 2 fully saturated rings. The van der Waals surface area contributed by atoms with Crippen molar-refractivity contribution in [3.05, 3.63) is 24.2 Å². The van der Waals surface area contributed by atoms with Gasteiger partial charge in [0.2, 0.25) is 0 Å². The highest BCUT2D eigenvalue weighted by atomic mass is 16.6. The second kappa shape index (κ2) is 5.34. The van der Waals surface area contributed by atoms with E-state index in [1.54, 1.807) is 11.0 Å². The normalized spacial score (nSPS) is 24.5. The Hall–Kier alpha value is -1.98. The summed E-state index contributed by atoms with van der Waals surface area (Å²) >= 11 is 0. The van der Waals surface area contributed by atoms with Crippen LogP contribution < -0.4 is 0 Å². The molecule has 0 aromatic carbocycles. The molecular formula is C16H22N2O4. The van der Waals surface area contributed by atoms with Gasteiger partial charge in [-0.3, -0.25) is 4.79 Å². The predicted molar refractivity (Wildman–Crippen MR) is 79.4 cm³/mol. The third-order valence-corrected chi connectivity index (χ3v) is 4.21. The second-order valence-corrected chi connectivity index (χ2v) is 7.01. The first-order valence-corrected chi connectivity index (χ1v) is 7.66. The van der Waals surface area contributed by atoms with Crippen LogP contribution in [0.2, 0.25) is 0 Å². The topological polar surface area (TPSA) is 63.0 Å². The van der Waals surface area contributed by atoms with E-state index in [0.29, 0.717) is 31.1 Å². The Morgan fingerprint density at radius 3 is 2.68 bits per heavy atom. The number of hydrogen-bond donors (Lipinski definition) is 0. The minimum atomic E-state index is -0.472. The first-order chi connectivity index (χ1) is 10.3. The van der Waals surface area contributed by atoms with E-state index in [4.69, 9.17) is 9.15 Å². The van der Waals surface area contributed by atoms with Crippen molar-refractivity contribution in [3.63, 3.8) is 0 Å². The third-order valence-electron chi connectivity index (χ3n) is 4.21. The van der Waals surface area contributed by atoms with Crippen molar-refractivity contribution >= 4 is 12.0 Å². The summed E-state index contributed by atoms with van der Waals surface area (Å²) in [5.74, 6) is 0.347. The van der Waals surface area contributed by atoms with E-state index in [2.05, 4.69) is 0 Å². The van der Waals surface area contributed by atoms with Gasteiger partial charge in [-0.2, -0.15) is 0 Å². The van der Waals surface area contributed by atoms with Crippen LogP contribution in [0.3, 0.4) is 0 Å². The lowest BCUT2D eigenvalue weighted by Gasteiger charge is -2.52. The second-order valence-electron chi connectivity index (χ2n) is 7.01.